The molecular formula is C27H18Cl2N2O2S. The average molecular weight is 505 g/mol. The second-order valence-corrected chi connectivity index (χ2v) is 9.42. The maximum atomic E-state index is 12.4. The fourth-order valence-electron chi connectivity index (χ4n) is 3.54. The van der Waals surface area contributed by atoms with E-state index in [9.17, 15) is 4.79 Å². The standard InChI is InChI=1S/C27H18Cl2N2O2S/c28-23-13-10-20(15-24(23)29)30-27-31-26(32)25(34-27)14-17-8-11-21(12-9-17)33-16-19-6-3-5-18-4-1-2-7-22(18)19/h1-15H,16H2,(H,30,31,32)/b25-14+. The van der Waals surface area contributed by atoms with Crippen LogP contribution >= 0.6 is 35.0 Å². The number of carbonyl (C=O) groups is 1. The molecule has 1 saturated heterocycles. The van der Waals surface area contributed by atoms with Crippen molar-refractivity contribution in [2.75, 3.05) is 0 Å². The molecule has 0 spiro atoms. The number of carbonyl (C=O) groups excluding carboxylic acids is 1. The van der Waals surface area contributed by atoms with Gasteiger partial charge < -0.3 is 10.1 Å². The quantitative estimate of drug-likeness (QED) is 0.284. The highest BCUT2D eigenvalue weighted by molar-refractivity contribution is 8.18. The third-order valence-corrected chi connectivity index (χ3v) is 6.89. The molecule has 1 amide bonds. The van der Waals surface area contributed by atoms with Crippen LogP contribution in [0.4, 0.5) is 5.69 Å². The van der Waals surface area contributed by atoms with Gasteiger partial charge in [-0.15, -0.1) is 0 Å². The molecule has 0 radical (unpaired) electrons. The van der Waals surface area contributed by atoms with Gasteiger partial charge in [-0.05, 0) is 70.1 Å². The minimum absolute atomic E-state index is 0.194. The predicted octanol–water partition coefficient (Wildman–Crippen LogP) is 7.62. The molecule has 0 bridgehead atoms. The molecule has 34 heavy (non-hydrogen) atoms. The van der Waals surface area contributed by atoms with E-state index in [-0.39, 0.29) is 5.91 Å². The Labute approximate surface area is 211 Å². The van der Waals surface area contributed by atoms with E-state index >= 15 is 0 Å². The van der Waals surface area contributed by atoms with Gasteiger partial charge >= 0.3 is 0 Å². The lowest BCUT2D eigenvalue weighted by Gasteiger charge is -2.09. The number of nitrogens with zero attached hydrogens (tertiary/aromatic N) is 1. The minimum Gasteiger partial charge on any atom is -0.489 e. The summed E-state index contributed by atoms with van der Waals surface area (Å²) in [7, 11) is 0. The van der Waals surface area contributed by atoms with E-state index in [1.807, 2.05) is 48.5 Å². The monoisotopic (exact) mass is 504 g/mol. The summed E-state index contributed by atoms with van der Waals surface area (Å²) in [6, 6.07) is 27.2. The van der Waals surface area contributed by atoms with Crippen LogP contribution in [0.25, 0.3) is 16.8 Å². The Morgan fingerprint density at radius 2 is 1.71 bits per heavy atom. The second-order valence-electron chi connectivity index (χ2n) is 7.58. The van der Waals surface area contributed by atoms with Crippen molar-refractivity contribution in [3.63, 3.8) is 0 Å². The van der Waals surface area contributed by atoms with Gasteiger partial charge in [0.15, 0.2) is 5.17 Å². The Kier molecular flexibility index (Phi) is 6.59. The van der Waals surface area contributed by atoms with Crippen molar-refractivity contribution < 1.29 is 9.53 Å². The third kappa shape index (κ3) is 5.12. The first-order valence-electron chi connectivity index (χ1n) is 10.5. The molecule has 0 unspecified atom stereocenters. The van der Waals surface area contributed by atoms with Gasteiger partial charge in [-0.3, -0.25) is 4.79 Å². The Morgan fingerprint density at radius 1 is 0.912 bits per heavy atom. The molecule has 0 aliphatic carbocycles. The number of hydrogen-bond donors (Lipinski definition) is 1. The van der Waals surface area contributed by atoms with Crippen molar-refractivity contribution in [3.05, 3.63) is 111 Å². The number of hydrogen-bond acceptors (Lipinski definition) is 4. The van der Waals surface area contributed by atoms with Gasteiger partial charge in [0, 0.05) is 0 Å². The number of aliphatic imine (C=N–C) groups is 1. The van der Waals surface area contributed by atoms with Crippen LogP contribution in [0.3, 0.4) is 0 Å². The van der Waals surface area contributed by atoms with Crippen LogP contribution in [0.15, 0.2) is 94.8 Å². The maximum Gasteiger partial charge on any atom is 0.264 e. The molecule has 168 valence electrons. The predicted molar refractivity (Wildman–Crippen MR) is 142 cm³/mol. The molecule has 1 fully saturated rings. The minimum atomic E-state index is -0.194. The summed E-state index contributed by atoms with van der Waals surface area (Å²) >= 11 is 13.3. The average Bonchev–Trinajstić information content (AvgIpc) is 3.19. The van der Waals surface area contributed by atoms with E-state index in [2.05, 4.69) is 34.6 Å². The van der Waals surface area contributed by atoms with E-state index in [0.29, 0.717) is 32.4 Å². The maximum absolute atomic E-state index is 12.4. The molecule has 4 aromatic carbocycles. The molecule has 0 atom stereocenters. The second kappa shape index (κ2) is 9.94. The number of thioether (sulfide) groups is 1. The Hall–Kier alpha value is -3.25. The molecule has 0 saturated carbocycles. The topological polar surface area (TPSA) is 50.7 Å². The van der Waals surface area contributed by atoms with Gasteiger partial charge in [0.2, 0.25) is 0 Å². The zero-order valence-corrected chi connectivity index (χ0v) is 20.1. The van der Waals surface area contributed by atoms with Crippen LogP contribution in [0.2, 0.25) is 10.0 Å². The fourth-order valence-corrected chi connectivity index (χ4v) is 4.68. The number of rotatable bonds is 5. The first-order chi connectivity index (χ1) is 16.5. The molecule has 1 N–H and O–H groups in total. The number of amidine groups is 1. The van der Waals surface area contributed by atoms with Gasteiger partial charge in [0.25, 0.3) is 5.91 Å². The number of nitrogens with one attached hydrogen (secondary N) is 1. The Balaban J connectivity index is 1.26. The van der Waals surface area contributed by atoms with Crippen molar-refractivity contribution in [3.8, 4) is 5.75 Å². The van der Waals surface area contributed by atoms with Gasteiger partial charge in [-0.1, -0.05) is 77.8 Å². The van der Waals surface area contributed by atoms with Gasteiger partial charge in [0.05, 0.1) is 20.6 Å². The molecule has 7 heteroatoms. The molecule has 4 aromatic rings. The van der Waals surface area contributed by atoms with E-state index in [0.717, 1.165) is 16.9 Å². The number of benzene rings is 4. The first kappa shape index (κ1) is 22.5. The Morgan fingerprint density at radius 3 is 2.53 bits per heavy atom. The lowest BCUT2D eigenvalue weighted by Crippen LogP contribution is -2.19. The summed E-state index contributed by atoms with van der Waals surface area (Å²) in [6.45, 7) is 0.481. The van der Waals surface area contributed by atoms with Gasteiger partial charge in [0.1, 0.15) is 12.4 Å². The highest BCUT2D eigenvalue weighted by Crippen LogP contribution is 2.31. The molecule has 5 rings (SSSR count). The lowest BCUT2D eigenvalue weighted by molar-refractivity contribution is -0.115. The highest BCUT2D eigenvalue weighted by atomic mass is 35.5. The summed E-state index contributed by atoms with van der Waals surface area (Å²) in [5, 5.41) is 6.52. The van der Waals surface area contributed by atoms with Crippen LogP contribution in [0.5, 0.6) is 5.75 Å². The van der Waals surface area contributed by atoms with Gasteiger partial charge in [-0.25, -0.2) is 4.99 Å². The van der Waals surface area contributed by atoms with Crippen LogP contribution in [0.1, 0.15) is 11.1 Å². The molecule has 1 aliphatic heterocycles. The first-order valence-corrected chi connectivity index (χ1v) is 12.1. The smallest absolute Gasteiger partial charge is 0.264 e. The summed E-state index contributed by atoms with van der Waals surface area (Å²) in [6.07, 6.45) is 1.83. The summed E-state index contributed by atoms with van der Waals surface area (Å²) in [5.41, 5.74) is 2.65. The third-order valence-electron chi connectivity index (χ3n) is 5.24. The number of amides is 1. The van der Waals surface area contributed by atoms with Crippen molar-refractivity contribution in [1.29, 1.82) is 0 Å². The fraction of sp³-hybridized carbons (Fsp3) is 0.0370. The normalized spacial score (nSPS) is 15.8. The van der Waals surface area contributed by atoms with Crippen LogP contribution in [-0.2, 0) is 11.4 Å². The van der Waals surface area contributed by atoms with Crippen LogP contribution < -0.4 is 10.1 Å². The summed E-state index contributed by atoms with van der Waals surface area (Å²) in [4.78, 5) is 17.4. The van der Waals surface area contributed by atoms with E-state index in [1.165, 1.54) is 22.5 Å². The number of halogens is 2. The van der Waals surface area contributed by atoms with Crippen LogP contribution in [-0.4, -0.2) is 11.1 Å². The van der Waals surface area contributed by atoms with E-state index in [4.69, 9.17) is 27.9 Å². The SMILES string of the molecule is O=C1NC(=Nc2ccc(Cl)c(Cl)c2)S/C1=C/c1ccc(OCc2cccc3ccccc23)cc1. The zero-order valence-electron chi connectivity index (χ0n) is 17.8. The highest BCUT2D eigenvalue weighted by Gasteiger charge is 2.23. The van der Waals surface area contributed by atoms with Gasteiger partial charge in [-0.2, -0.15) is 0 Å². The van der Waals surface area contributed by atoms with E-state index < -0.39 is 0 Å². The summed E-state index contributed by atoms with van der Waals surface area (Å²) in [5.74, 6) is 0.570. The largest absolute Gasteiger partial charge is 0.489 e. The van der Waals surface area contributed by atoms with Crippen molar-refractivity contribution >= 4 is 68.6 Å². The zero-order chi connectivity index (χ0) is 23.5. The number of fused-ring (bicyclic) bond motifs is 1. The lowest BCUT2D eigenvalue weighted by atomic mass is 10.1. The van der Waals surface area contributed by atoms with Crippen molar-refractivity contribution in [1.82, 2.24) is 5.32 Å². The molecule has 1 heterocycles. The molecule has 4 nitrogen and oxygen atoms in total. The molecule has 0 aromatic heterocycles. The Bertz CT molecular complexity index is 1440. The molecular weight excluding hydrogens is 487 g/mol. The van der Waals surface area contributed by atoms with Crippen LogP contribution in [0, 0.1) is 0 Å². The van der Waals surface area contributed by atoms with Crippen molar-refractivity contribution in [2.24, 2.45) is 4.99 Å². The summed E-state index contributed by atoms with van der Waals surface area (Å²) < 4.78 is 6.00. The van der Waals surface area contributed by atoms with Crippen molar-refractivity contribution in [2.45, 2.75) is 6.61 Å². The number of ether oxygens (including phenoxy) is 1. The van der Waals surface area contributed by atoms with E-state index in [1.54, 1.807) is 18.2 Å². The molecule has 1 aliphatic rings.